The van der Waals surface area contributed by atoms with Gasteiger partial charge in [-0.15, -0.1) is 0 Å². The Labute approximate surface area is 127 Å². The fraction of sp³-hybridized carbons (Fsp3) is 0.286. The fourth-order valence-corrected chi connectivity index (χ4v) is 1.75. The average Bonchev–Trinajstić information content (AvgIpc) is 2.45. The van der Waals surface area contributed by atoms with Crippen LogP contribution < -0.4 is 15.2 Å². The van der Waals surface area contributed by atoms with Gasteiger partial charge in [0.1, 0.15) is 0 Å². The molecule has 0 aliphatic carbocycles. The van der Waals surface area contributed by atoms with Gasteiger partial charge in [0.2, 0.25) is 0 Å². The van der Waals surface area contributed by atoms with Crippen LogP contribution in [0, 0.1) is 0 Å². The zero-order chi connectivity index (χ0) is 15.8. The van der Waals surface area contributed by atoms with Crippen LogP contribution >= 0.6 is 11.6 Å². The Morgan fingerprint density at radius 1 is 1.38 bits per heavy atom. The van der Waals surface area contributed by atoms with Crippen LogP contribution in [-0.4, -0.2) is 32.2 Å². The highest BCUT2D eigenvalue weighted by Gasteiger charge is 2.10. The van der Waals surface area contributed by atoms with Crippen LogP contribution in [0.1, 0.15) is 12.5 Å². The van der Waals surface area contributed by atoms with Crippen molar-refractivity contribution in [2.24, 2.45) is 5.73 Å². The minimum absolute atomic E-state index is 0.362. The molecule has 0 spiro atoms. The largest absolute Gasteiger partial charge is 0.493 e. The first kappa shape index (κ1) is 16.8. The molecule has 0 aliphatic rings. The van der Waals surface area contributed by atoms with Crippen LogP contribution in [0.5, 0.6) is 11.5 Å². The summed E-state index contributed by atoms with van der Waals surface area (Å²) in [6.45, 7) is 1.82. The van der Waals surface area contributed by atoms with E-state index in [0.717, 1.165) is 6.08 Å². The molecule has 0 saturated carbocycles. The summed E-state index contributed by atoms with van der Waals surface area (Å²) in [5.41, 5.74) is 5.48. The van der Waals surface area contributed by atoms with Gasteiger partial charge in [0.05, 0.1) is 18.7 Å². The van der Waals surface area contributed by atoms with Gasteiger partial charge >= 0.3 is 5.97 Å². The topological polar surface area (TPSA) is 87.9 Å². The lowest BCUT2D eigenvalue weighted by Gasteiger charge is -2.11. The lowest BCUT2D eigenvalue weighted by molar-refractivity contribution is -0.142. The van der Waals surface area contributed by atoms with E-state index in [0.29, 0.717) is 28.7 Å². The minimum Gasteiger partial charge on any atom is -0.493 e. The summed E-state index contributed by atoms with van der Waals surface area (Å²) in [6.07, 6.45) is 2.64. The second kappa shape index (κ2) is 8.16. The second-order valence-corrected chi connectivity index (χ2v) is 4.28. The molecular weight excluding hydrogens is 298 g/mol. The third-order valence-electron chi connectivity index (χ3n) is 2.31. The molecule has 1 aromatic carbocycles. The van der Waals surface area contributed by atoms with Crippen LogP contribution in [0.3, 0.4) is 0 Å². The molecule has 0 aromatic heterocycles. The van der Waals surface area contributed by atoms with Gasteiger partial charge < -0.3 is 19.9 Å². The van der Waals surface area contributed by atoms with E-state index < -0.39 is 18.5 Å². The second-order valence-electron chi connectivity index (χ2n) is 3.87. The number of primary amides is 1. The third kappa shape index (κ3) is 5.35. The number of halogens is 1. The summed E-state index contributed by atoms with van der Waals surface area (Å²) < 4.78 is 15.1. The average molecular weight is 314 g/mol. The normalized spacial score (nSPS) is 10.4. The third-order valence-corrected chi connectivity index (χ3v) is 2.59. The van der Waals surface area contributed by atoms with Gasteiger partial charge in [-0.25, -0.2) is 4.79 Å². The predicted octanol–water partition coefficient (Wildman–Crippen LogP) is 1.79. The molecule has 21 heavy (non-hydrogen) atoms. The van der Waals surface area contributed by atoms with Crippen LogP contribution in [0.25, 0.3) is 6.08 Å². The molecule has 0 atom stereocenters. The Hall–Kier alpha value is -2.21. The number of esters is 1. The number of nitrogens with two attached hydrogens (primary N) is 1. The minimum atomic E-state index is -0.720. The van der Waals surface area contributed by atoms with Crippen molar-refractivity contribution >= 4 is 29.6 Å². The SMILES string of the molecule is CCOc1c(Cl)cc(/C=C/C(=O)OCC(N)=O)cc1OC. The highest BCUT2D eigenvalue weighted by atomic mass is 35.5. The van der Waals surface area contributed by atoms with E-state index in [9.17, 15) is 9.59 Å². The molecule has 0 aliphatic heterocycles. The van der Waals surface area contributed by atoms with Crippen molar-refractivity contribution in [3.8, 4) is 11.5 Å². The Morgan fingerprint density at radius 3 is 2.67 bits per heavy atom. The summed E-state index contributed by atoms with van der Waals surface area (Å²) in [7, 11) is 1.49. The molecule has 114 valence electrons. The van der Waals surface area contributed by atoms with Gasteiger partial charge in [-0.2, -0.15) is 0 Å². The number of ether oxygens (including phenoxy) is 3. The highest BCUT2D eigenvalue weighted by Crippen LogP contribution is 2.36. The van der Waals surface area contributed by atoms with E-state index in [1.807, 2.05) is 6.92 Å². The number of hydrogen-bond acceptors (Lipinski definition) is 5. The van der Waals surface area contributed by atoms with Crippen LogP contribution in [0.4, 0.5) is 0 Å². The van der Waals surface area contributed by atoms with Gasteiger partial charge in [-0.05, 0) is 30.7 Å². The molecule has 1 rings (SSSR count). The maximum atomic E-state index is 11.3. The standard InChI is InChI=1S/C14H16ClNO5/c1-3-20-14-10(15)6-9(7-11(14)19-2)4-5-13(18)21-8-12(16)17/h4-7H,3,8H2,1-2H3,(H2,16,17)/b5-4+. The molecule has 1 aromatic rings. The highest BCUT2D eigenvalue weighted by molar-refractivity contribution is 6.32. The van der Waals surface area contributed by atoms with Crippen molar-refractivity contribution in [3.05, 3.63) is 28.8 Å². The fourth-order valence-electron chi connectivity index (χ4n) is 1.48. The molecule has 2 N–H and O–H groups in total. The van der Waals surface area contributed by atoms with Gasteiger partial charge in [0.15, 0.2) is 18.1 Å². The summed E-state index contributed by atoms with van der Waals surface area (Å²) in [5, 5.41) is 0.362. The number of benzene rings is 1. The molecule has 0 heterocycles. The molecule has 0 bridgehead atoms. The quantitative estimate of drug-likeness (QED) is 0.612. The molecule has 1 amide bonds. The Morgan fingerprint density at radius 2 is 2.10 bits per heavy atom. The van der Waals surface area contributed by atoms with Crippen molar-refractivity contribution in [1.82, 2.24) is 0 Å². The molecular formula is C14H16ClNO5. The number of rotatable bonds is 7. The molecule has 7 heteroatoms. The van der Waals surface area contributed by atoms with E-state index in [2.05, 4.69) is 4.74 Å². The number of carbonyl (C=O) groups excluding carboxylic acids is 2. The van der Waals surface area contributed by atoms with E-state index in [-0.39, 0.29) is 0 Å². The van der Waals surface area contributed by atoms with E-state index in [1.165, 1.54) is 13.2 Å². The van der Waals surface area contributed by atoms with Crippen LogP contribution in [-0.2, 0) is 14.3 Å². The first-order chi connectivity index (χ1) is 9.97. The Balaban J connectivity index is 2.86. The molecule has 0 unspecified atom stereocenters. The number of carbonyl (C=O) groups is 2. The first-order valence-corrected chi connectivity index (χ1v) is 6.49. The Kier molecular flexibility index (Phi) is 6.55. The van der Waals surface area contributed by atoms with Gasteiger partial charge in [0, 0.05) is 6.08 Å². The number of hydrogen-bond donors (Lipinski definition) is 1. The maximum absolute atomic E-state index is 11.3. The summed E-state index contributed by atoms with van der Waals surface area (Å²) >= 11 is 6.09. The smallest absolute Gasteiger partial charge is 0.331 e. The molecule has 0 radical (unpaired) electrons. The summed E-state index contributed by atoms with van der Waals surface area (Å²) in [5.74, 6) is -0.509. The molecule has 0 saturated heterocycles. The Bertz CT molecular complexity index is 557. The van der Waals surface area contributed by atoms with Crippen molar-refractivity contribution in [2.45, 2.75) is 6.92 Å². The van der Waals surface area contributed by atoms with E-state index in [4.69, 9.17) is 26.8 Å². The summed E-state index contributed by atoms with van der Waals surface area (Å²) in [4.78, 5) is 21.8. The van der Waals surface area contributed by atoms with Gasteiger partial charge in [0.25, 0.3) is 5.91 Å². The van der Waals surface area contributed by atoms with Crippen molar-refractivity contribution in [2.75, 3.05) is 20.3 Å². The molecule has 0 fully saturated rings. The van der Waals surface area contributed by atoms with Gasteiger partial charge in [-0.3, -0.25) is 4.79 Å². The van der Waals surface area contributed by atoms with Gasteiger partial charge in [-0.1, -0.05) is 11.6 Å². The van der Waals surface area contributed by atoms with Crippen LogP contribution in [0.2, 0.25) is 5.02 Å². The monoisotopic (exact) mass is 313 g/mol. The van der Waals surface area contributed by atoms with E-state index >= 15 is 0 Å². The number of amides is 1. The first-order valence-electron chi connectivity index (χ1n) is 6.11. The zero-order valence-corrected chi connectivity index (χ0v) is 12.5. The van der Waals surface area contributed by atoms with Crippen LogP contribution in [0.15, 0.2) is 18.2 Å². The molecule has 6 nitrogen and oxygen atoms in total. The van der Waals surface area contributed by atoms with E-state index in [1.54, 1.807) is 12.1 Å². The van der Waals surface area contributed by atoms with Crippen molar-refractivity contribution in [3.63, 3.8) is 0 Å². The summed E-state index contributed by atoms with van der Waals surface area (Å²) in [6, 6.07) is 3.28. The lowest BCUT2D eigenvalue weighted by Crippen LogP contribution is -2.19. The van der Waals surface area contributed by atoms with Crippen molar-refractivity contribution < 1.29 is 23.8 Å². The number of methoxy groups -OCH3 is 1. The predicted molar refractivity (Wildman–Crippen MR) is 78.4 cm³/mol. The van der Waals surface area contributed by atoms with Crippen molar-refractivity contribution in [1.29, 1.82) is 0 Å². The lowest BCUT2D eigenvalue weighted by atomic mass is 10.2. The zero-order valence-electron chi connectivity index (χ0n) is 11.7. The maximum Gasteiger partial charge on any atom is 0.331 e.